The van der Waals surface area contributed by atoms with E-state index >= 15 is 0 Å². The molecule has 3 heterocycles. The normalized spacial score (nSPS) is 10.9. The summed E-state index contributed by atoms with van der Waals surface area (Å²) >= 11 is 1.59. The highest BCUT2D eigenvalue weighted by Gasteiger charge is 2.10. The van der Waals surface area contributed by atoms with Crippen LogP contribution in [0.25, 0.3) is 16.2 Å². The molecule has 0 saturated heterocycles. The minimum atomic E-state index is -0.326. The largest absolute Gasteiger partial charge is 0.351 e. The number of hydrogen-bond acceptors (Lipinski definition) is 5. The first kappa shape index (κ1) is 12.8. The number of aromatic nitrogens is 3. The molecule has 1 aromatic carbocycles. The van der Waals surface area contributed by atoms with Crippen LogP contribution in [0.3, 0.4) is 0 Å². The Balaban J connectivity index is 1.55. The molecular weight excluding hydrogens is 300 g/mol. The lowest BCUT2D eigenvalue weighted by Crippen LogP contribution is -2.10. The van der Waals surface area contributed by atoms with E-state index in [9.17, 15) is 4.79 Å². The summed E-state index contributed by atoms with van der Waals surface area (Å²) in [5, 5.41) is 8.25. The summed E-state index contributed by atoms with van der Waals surface area (Å²) in [6, 6.07) is 9.01. The molecular formula is C15H10N4O2S. The van der Waals surface area contributed by atoms with Crippen LogP contribution in [-0.4, -0.2) is 20.4 Å². The van der Waals surface area contributed by atoms with Gasteiger partial charge in [0.15, 0.2) is 4.96 Å². The van der Waals surface area contributed by atoms with Crippen molar-refractivity contribution in [2.45, 2.75) is 0 Å². The molecule has 0 atom stereocenters. The van der Waals surface area contributed by atoms with E-state index in [-0.39, 0.29) is 11.7 Å². The SMILES string of the molecule is O=C(Nc1ccc(-c2cn3ccsc3n2)cc1)c1ccno1. The molecule has 6 nitrogen and oxygen atoms in total. The smallest absolute Gasteiger partial charge is 0.294 e. The van der Waals surface area contributed by atoms with Crippen LogP contribution in [0, 0.1) is 0 Å². The number of carbonyl (C=O) groups excluding carboxylic acids is 1. The monoisotopic (exact) mass is 310 g/mol. The molecule has 0 fully saturated rings. The van der Waals surface area contributed by atoms with Gasteiger partial charge >= 0.3 is 0 Å². The fourth-order valence-electron chi connectivity index (χ4n) is 2.12. The first-order valence-electron chi connectivity index (χ1n) is 6.54. The summed E-state index contributed by atoms with van der Waals surface area (Å²) in [5.74, 6) is -0.147. The molecule has 0 aliphatic rings. The number of anilines is 1. The quantitative estimate of drug-likeness (QED) is 0.630. The van der Waals surface area contributed by atoms with Crippen LogP contribution in [0.5, 0.6) is 0 Å². The Morgan fingerprint density at radius 2 is 2.09 bits per heavy atom. The average Bonchev–Trinajstić information content (AvgIpc) is 3.24. The van der Waals surface area contributed by atoms with E-state index in [1.54, 1.807) is 11.3 Å². The number of nitrogens with one attached hydrogen (secondary N) is 1. The Labute approximate surface area is 129 Å². The second-order valence-electron chi connectivity index (χ2n) is 4.63. The number of benzene rings is 1. The molecule has 3 aromatic heterocycles. The number of amides is 1. The Kier molecular flexibility index (Phi) is 2.97. The highest BCUT2D eigenvalue weighted by Crippen LogP contribution is 2.23. The van der Waals surface area contributed by atoms with Crippen LogP contribution < -0.4 is 5.32 Å². The van der Waals surface area contributed by atoms with Gasteiger partial charge in [0, 0.05) is 35.1 Å². The van der Waals surface area contributed by atoms with Gasteiger partial charge in [0.2, 0.25) is 5.76 Å². The van der Waals surface area contributed by atoms with Crippen LogP contribution >= 0.6 is 11.3 Å². The number of carbonyl (C=O) groups is 1. The molecule has 22 heavy (non-hydrogen) atoms. The minimum absolute atomic E-state index is 0.179. The van der Waals surface area contributed by atoms with E-state index in [1.165, 1.54) is 12.3 Å². The number of rotatable bonds is 3. The molecule has 7 heteroatoms. The molecule has 4 rings (SSSR count). The van der Waals surface area contributed by atoms with E-state index in [2.05, 4.69) is 15.5 Å². The first-order chi connectivity index (χ1) is 10.8. The van der Waals surface area contributed by atoms with E-state index < -0.39 is 0 Å². The summed E-state index contributed by atoms with van der Waals surface area (Å²) in [7, 11) is 0. The third-order valence-corrected chi connectivity index (χ3v) is 3.96. The van der Waals surface area contributed by atoms with Gasteiger partial charge < -0.3 is 9.84 Å². The molecule has 1 amide bonds. The molecule has 0 aliphatic carbocycles. The zero-order chi connectivity index (χ0) is 14.9. The van der Waals surface area contributed by atoms with Crippen molar-refractivity contribution in [2.75, 3.05) is 5.32 Å². The third kappa shape index (κ3) is 2.27. The molecule has 0 bridgehead atoms. The number of nitrogens with zero attached hydrogens (tertiary/aromatic N) is 3. The summed E-state index contributed by atoms with van der Waals surface area (Å²) in [4.78, 5) is 17.4. The van der Waals surface area contributed by atoms with E-state index in [0.29, 0.717) is 5.69 Å². The summed E-state index contributed by atoms with van der Waals surface area (Å²) in [6.07, 6.45) is 5.39. The van der Waals surface area contributed by atoms with Gasteiger partial charge in [-0.3, -0.25) is 9.20 Å². The Bertz CT molecular complexity index is 894. The third-order valence-electron chi connectivity index (χ3n) is 3.19. The highest BCUT2D eigenvalue weighted by atomic mass is 32.1. The predicted molar refractivity (Wildman–Crippen MR) is 83.0 cm³/mol. The maximum atomic E-state index is 11.9. The van der Waals surface area contributed by atoms with Crippen molar-refractivity contribution in [1.29, 1.82) is 0 Å². The first-order valence-corrected chi connectivity index (χ1v) is 7.42. The van der Waals surface area contributed by atoms with Crippen LogP contribution in [0.4, 0.5) is 5.69 Å². The van der Waals surface area contributed by atoms with E-state index in [0.717, 1.165) is 16.2 Å². The minimum Gasteiger partial charge on any atom is -0.351 e. The maximum Gasteiger partial charge on any atom is 0.294 e. The van der Waals surface area contributed by atoms with Crippen molar-refractivity contribution >= 4 is 27.9 Å². The lowest BCUT2D eigenvalue weighted by atomic mass is 10.1. The van der Waals surface area contributed by atoms with Crippen LogP contribution in [0.2, 0.25) is 0 Å². The second kappa shape index (κ2) is 5.12. The maximum absolute atomic E-state index is 11.9. The number of imidazole rings is 1. The van der Waals surface area contributed by atoms with Gasteiger partial charge in [-0.1, -0.05) is 17.3 Å². The molecule has 1 N–H and O–H groups in total. The zero-order valence-corrected chi connectivity index (χ0v) is 12.1. The zero-order valence-electron chi connectivity index (χ0n) is 11.3. The number of hydrogen-bond donors (Lipinski definition) is 1. The lowest BCUT2D eigenvalue weighted by molar-refractivity contribution is 0.0988. The topological polar surface area (TPSA) is 72.4 Å². The van der Waals surface area contributed by atoms with Crippen molar-refractivity contribution in [3.8, 4) is 11.3 Å². The fourth-order valence-corrected chi connectivity index (χ4v) is 2.82. The molecule has 0 unspecified atom stereocenters. The molecule has 0 aliphatic heterocycles. The summed E-state index contributed by atoms with van der Waals surface area (Å²) in [6.45, 7) is 0. The molecule has 0 saturated carbocycles. The van der Waals surface area contributed by atoms with Gasteiger partial charge in [-0.15, -0.1) is 11.3 Å². The van der Waals surface area contributed by atoms with Gasteiger partial charge in [0.1, 0.15) is 0 Å². The van der Waals surface area contributed by atoms with Crippen molar-refractivity contribution in [3.63, 3.8) is 0 Å². The standard InChI is InChI=1S/C15H10N4O2S/c20-14(13-5-6-16-21-13)17-11-3-1-10(2-4-11)12-9-19-7-8-22-15(19)18-12/h1-9H,(H,17,20). The average molecular weight is 310 g/mol. The Morgan fingerprint density at radius 1 is 1.23 bits per heavy atom. The molecule has 0 spiro atoms. The molecule has 4 aromatic rings. The van der Waals surface area contributed by atoms with Gasteiger partial charge in [-0.05, 0) is 12.1 Å². The summed E-state index contributed by atoms with van der Waals surface area (Å²) in [5.41, 5.74) is 2.58. The number of fused-ring (bicyclic) bond motifs is 1. The van der Waals surface area contributed by atoms with Gasteiger partial charge in [-0.25, -0.2) is 4.98 Å². The molecule has 108 valence electrons. The van der Waals surface area contributed by atoms with E-state index in [4.69, 9.17) is 4.52 Å². The lowest BCUT2D eigenvalue weighted by Gasteiger charge is -2.03. The Hall–Kier alpha value is -2.93. The van der Waals surface area contributed by atoms with Crippen molar-refractivity contribution in [3.05, 3.63) is 60.1 Å². The summed E-state index contributed by atoms with van der Waals surface area (Å²) < 4.78 is 6.80. The fraction of sp³-hybridized carbons (Fsp3) is 0. The van der Waals surface area contributed by atoms with E-state index in [1.807, 2.05) is 46.4 Å². The highest BCUT2D eigenvalue weighted by molar-refractivity contribution is 7.15. The predicted octanol–water partition coefficient (Wildman–Crippen LogP) is 3.30. The van der Waals surface area contributed by atoms with Crippen LogP contribution in [0.1, 0.15) is 10.6 Å². The number of thiazole rings is 1. The van der Waals surface area contributed by atoms with Crippen LogP contribution in [0.15, 0.2) is 58.8 Å². The van der Waals surface area contributed by atoms with Crippen molar-refractivity contribution < 1.29 is 9.32 Å². The van der Waals surface area contributed by atoms with Crippen molar-refractivity contribution in [2.24, 2.45) is 0 Å². The Morgan fingerprint density at radius 3 is 2.82 bits per heavy atom. The van der Waals surface area contributed by atoms with Crippen molar-refractivity contribution in [1.82, 2.24) is 14.5 Å². The van der Waals surface area contributed by atoms with Crippen LogP contribution in [-0.2, 0) is 0 Å². The van der Waals surface area contributed by atoms with Gasteiger partial charge in [0.25, 0.3) is 5.91 Å². The van der Waals surface area contributed by atoms with Gasteiger partial charge in [0.05, 0.1) is 11.9 Å². The van der Waals surface area contributed by atoms with Gasteiger partial charge in [-0.2, -0.15) is 0 Å². The second-order valence-corrected chi connectivity index (χ2v) is 5.50. The molecule has 0 radical (unpaired) electrons.